The first-order valence-corrected chi connectivity index (χ1v) is 5.66. The van der Waals surface area contributed by atoms with Crippen molar-refractivity contribution in [3.63, 3.8) is 0 Å². The Hall–Kier alpha value is -0.180. The topological polar surface area (TPSA) is 12.0 Å². The highest BCUT2D eigenvalue weighted by Crippen LogP contribution is 2.35. The fraction of sp³-hybridized carbons (Fsp3) is 1.00. The highest BCUT2D eigenvalue weighted by molar-refractivity contribution is 4.85. The summed E-state index contributed by atoms with van der Waals surface area (Å²) in [4.78, 5) is 0. The van der Waals surface area contributed by atoms with Gasteiger partial charge in [0.15, 0.2) is 0 Å². The van der Waals surface area contributed by atoms with Gasteiger partial charge >= 0.3 is 0 Å². The van der Waals surface area contributed by atoms with Crippen LogP contribution in [0, 0.1) is 11.8 Å². The number of hydrogen-bond donors (Lipinski definition) is 1. The number of halogens is 2. The Balaban J connectivity index is 2.60. The SMILES string of the molecule is CCC1CCCCC1C(NC)C(F)F. The van der Waals surface area contributed by atoms with Gasteiger partial charge in [-0.05, 0) is 25.3 Å². The van der Waals surface area contributed by atoms with Crippen LogP contribution in [0.2, 0.25) is 0 Å². The molecule has 0 aromatic rings. The van der Waals surface area contributed by atoms with Crippen LogP contribution in [0.1, 0.15) is 39.0 Å². The summed E-state index contributed by atoms with van der Waals surface area (Å²) in [6, 6.07) is -0.597. The van der Waals surface area contributed by atoms with Crippen LogP contribution in [-0.2, 0) is 0 Å². The second-order valence-corrected chi connectivity index (χ2v) is 4.27. The summed E-state index contributed by atoms with van der Waals surface area (Å²) in [6.45, 7) is 2.11. The standard InChI is InChI=1S/C11H21F2N/c1-3-8-6-4-5-7-9(8)10(14-2)11(12)13/h8-11,14H,3-7H2,1-2H3. The van der Waals surface area contributed by atoms with E-state index >= 15 is 0 Å². The Labute approximate surface area is 85.3 Å². The van der Waals surface area contributed by atoms with Gasteiger partial charge in [0.25, 0.3) is 6.43 Å². The summed E-state index contributed by atoms with van der Waals surface area (Å²) >= 11 is 0. The Morgan fingerprint density at radius 1 is 1.29 bits per heavy atom. The zero-order valence-corrected chi connectivity index (χ0v) is 9.10. The van der Waals surface area contributed by atoms with Crippen molar-refractivity contribution in [1.29, 1.82) is 0 Å². The summed E-state index contributed by atoms with van der Waals surface area (Å²) < 4.78 is 25.5. The molecule has 0 heterocycles. The van der Waals surface area contributed by atoms with Crippen LogP contribution < -0.4 is 5.32 Å². The fourth-order valence-electron chi connectivity index (χ4n) is 2.74. The van der Waals surface area contributed by atoms with Gasteiger partial charge < -0.3 is 5.32 Å². The second kappa shape index (κ2) is 5.64. The van der Waals surface area contributed by atoms with Crippen LogP contribution in [0.25, 0.3) is 0 Å². The monoisotopic (exact) mass is 205 g/mol. The van der Waals surface area contributed by atoms with E-state index in [9.17, 15) is 8.78 Å². The third-order valence-electron chi connectivity index (χ3n) is 3.56. The molecule has 1 rings (SSSR count). The van der Waals surface area contributed by atoms with E-state index in [1.54, 1.807) is 7.05 Å². The van der Waals surface area contributed by atoms with Gasteiger partial charge in [0.1, 0.15) is 0 Å². The molecule has 1 aliphatic carbocycles. The van der Waals surface area contributed by atoms with E-state index in [0.29, 0.717) is 5.92 Å². The van der Waals surface area contributed by atoms with Gasteiger partial charge in [-0.1, -0.05) is 32.6 Å². The van der Waals surface area contributed by atoms with Crippen molar-refractivity contribution in [2.45, 2.75) is 51.5 Å². The van der Waals surface area contributed by atoms with Gasteiger partial charge in [0.05, 0.1) is 6.04 Å². The van der Waals surface area contributed by atoms with E-state index in [-0.39, 0.29) is 5.92 Å². The molecule has 1 aliphatic rings. The minimum Gasteiger partial charge on any atom is -0.312 e. The van der Waals surface area contributed by atoms with Gasteiger partial charge in [-0.2, -0.15) is 0 Å². The Morgan fingerprint density at radius 3 is 2.43 bits per heavy atom. The molecule has 0 radical (unpaired) electrons. The van der Waals surface area contributed by atoms with E-state index in [1.807, 2.05) is 0 Å². The molecule has 3 atom stereocenters. The van der Waals surface area contributed by atoms with E-state index in [4.69, 9.17) is 0 Å². The van der Waals surface area contributed by atoms with Gasteiger partial charge in [0.2, 0.25) is 0 Å². The van der Waals surface area contributed by atoms with Crippen molar-refractivity contribution in [2.75, 3.05) is 7.05 Å². The molecule has 0 amide bonds. The highest BCUT2D eigenvalue weighted by atomic mass is 19.3. The molecule has 3 heteroatoms. The summed E-state index contributed by atoms with van der Waals surface area (Å²) in [7, 11) is 1.65. The lowest BCUT2D eigenvalue weighted by atomic mass is 9.74. The van der Waals surface area contributed by atoms with Crippen LogP contribution in [0.4, 0.5) is 8.78 Å². The molecule has 1 N–H and O–H groups in total. The molecule has 0 saturated heterocycles. The smallest absolute Gasteiger partial charge is 0.253 e. The summed E-state index contributed by atoms with van der Waals surface area (Å²) in [5, 5.41) is 2.79. The minimum atomic E-state index is -2.22. The first kappa shape index (κ1) is 11.9. The zero-order chi connectivity index (χ0) is 10.6. The summed E-state index contributed by atoms with van der Waals surface area (Å²) in [5.41, 5.74) is 0. The third-order valence-corrected chi connectivity index (χ3v) is 3.56. The molecule has 0 aromatic heterocycles. The summed E-state index contributed by atoms with van der Waals surface area (Å²) in [5.74, 6) is 0.675. The van der Waals surface area contributed by atoms with Crippen LogP contribution in [0.15, 0.2) is 0 Å². The molecule has 1 fully saturated rings. The summed E-state index contributed by atoms with van der Waals surface area (Å²) in [6.07, 6.45) is 3.24. The fourth-order valence-corrected chi connectivity index (χ4v) is 2.74. The Morgan fingerprint density at radius 2 is 1.93 bits per heavy atom. The third kappa shape index (κ3) is 2.66. The van der Waals surface area contributed by atoms with E-state index in [1.165, 1.54) is 6.42 Å². The largest absolute Gasteiger partial charge is 0.312 e. The Bertz CT molecular complexity index is 161. The van der Waals surface area contributed by atoms with Crippen molar-refractivity contribution in [1.82, 2.24) is 5.32 Å². The van der Waals surface area contributed by atoms with Gasteiger partial charge in [-0.25, -0.2) is 8.78 Å². The lowest BCUT2D eigenvalue weighted by molar-refractivity contribution is 0.0393. The predicted octanol–water partition coefficient (Wildman–Crippen LogP) is 3.06. The molecule has 0 aromatic carbocycles. The van der Waals surface area contributed by atoms with Gasteiger partial charge in [-0.15, -0.1) is 0 Å². The second-order valence-electron chi connectivity index (χ2n) is 4.27. The lowest BCUT2D eigenvalue weighted by Crippen LogP contribution is -2.44. The predicted molar refractivity (Wildman–Crippen MR) is 54.6 cm³/mol. The van der Waals surface area contributed by atoms with Crippen LogP contribution in [0.3, 0.4) is 0 Å². The number of rotatable bonds is 4. The molecule has 1 saturated carbocycles. The van der Waals surface area contributed by atoms with Crippen LogP contribution in [0.5, 0.6) is 0 Å². The van der Waals surface area contributed by atoms with Crippen molar-refractivity contribution >= 4 is 0 Å². The molecule has 0 spiro atoms. The average molecular weight is 205 g/mol. The number of hydrogen-bond acceptors (Lipinski definition) is 1. The first-order valence-electron chi connectivity index (χ1n) is 5.66. The van der Waals surface area contributed by atoms with Crippen molar-refractivity contribution in [2.24, 2.45) is 11.8 Å². The van der Waals surface area contributed by atoms with E-state index < -0.39 is 12.5 Å². The van der Waals surface area contributed by atoms with E-state index in [2.05, 4.69) is 12.2 Å². The maximum Gasteiger partial charge on any atom is 0.253 e. The molecule has 3 unspecified atom stereocenters. The zero-order valence-electron chi connectivity index (χ0n) is 9.10. The van der Waals surface area contributed by atoms with Crippen LogP contribution in [-0.4, -0.2) is 19.5 Å². The molecular weight excluding hydrogens is 184 g/mol. The average Bonchev–Trinajstić information content (AvgIpc) is 2.19. The highest BCUT2D eigenvalue weighted by Gasteiger charge is 2.34. The minimum absolute atomic E-state index is 0.179. The van der Waals surface area contributed by atoms with Gasteiger partial charge in [0, 0.05) is 0 Å². The molecule has 84 valence electrons. The van der Waals surface area contributed by atoms with Crippen molar-refractivity contribution in [3.8, 4) is 0 Å². The Kier molecular flexibility index (Phi) is 4.79. The molecule has 0 aliphatic heterocycles. The molecule has 14 heavy (non-hydrogen) atoms. The van der Waals surface area contributed by atoms with E-state index in [0.717, 1.165) is 25.7 Å². The first-order chi connectivity index (χ1) is 6.70. The molecular formula is C11H21F2N. The van der Waals surface area contributed by atoms with Crippen molar-refractivity contribution in [3.05, 3.63) is 0 Å². The van der Waals surface area contributed by atoms with Crippen molar-refractivity contribution < 1.29 is 8.78 Å². The molecule has 0 bridgehead atoms. The maximum absolute atomic E-state index is 12.7. The molecule has 1 nitrogen and oxygen atoms in total. The van der Waals surface area contributed by atoms with Crippen LogP contribution >= 0.6 is 0 Å². The lowest BCUT2D eigenvalue weighted by Gasteiger charge is -2.36. The quantitative estimate of drug-likeness (QED) is 0.743. The number of nitrogens with one attached hydrogen (secondary N) is 1. The maximum atomic E-state index is 12.7. The number of alkyl halides is 2. The van der Waals surface area contributed by atoms with Gasteiger partial charge in [-0.3, -0.25) is 0 Å². The normalized spacial score (nSPS) is 30.6.